The summed E-state index contributed by atoms with van der Waals surface area (Å²) in [6, 6.07) is 18.5. The number of thioether (sulfide) groups is 1. The first kappa shape index (κ1) is 19.3. The summed E-state index contributed by atoms with van der Waals surface area (Å²) in [6.07, 6.45) is 1.93. The number of carbonyl (C=O) groups is 1. The van der Waals surface area contributed by atoms with Crippen molar-refractivity contribution in [1.29, 1.82) is 0 Å². The summed E-state index contributed by atoms with van der Waals surface area (Å²) in [4.78, 5) is 17.5. The number of benzene rings is 2. The number of thiocarbonyl (C=S) groups is 1. The molecule has 0 radical (unpaired) electrons. The fourth-order valence-corrected chi connectivity index (χ4v) is 4.62. The van der Waals surface area contributed by atoms with Gasteiger partial charge in [0.2, 0.25) is 0 Å². The molecule has 2 aromatic rings. The maximum absolute atomic E-state index is 12.8. The lowest BCUT2D eigenvalue weighted by Crippen LogP contribution is -2.42. The molecule has 2 aromatic carbocycles. The summed E-state index contributed by atoms with van der Waals surface area (Å²) in [5, 5.41) is 0. The zero-order valence-corrected chi connectivity index (χ0v) is 17.2. The van der Waals surface area contributed by atoms with Gasteiger partial charge in [0.25, 0.3) is 5.91 Å². The fourth-order valence-electron chi connectivity index (χ4n) is 3.31. The number of nitrogens with zero attached hydrogens (tertiary/aromatic N) is 2. The standard InChI is InChI=1S/C22H22N2O2S2/c25-21-20(28-22(27)24(21)11-10-23-12-14-26-15-13-23)16-17-6-8-19(9-7-17)18-4-2-1-3-5-18/h1-9,16H,10-15H2/b20-16-. The highest BCUT2D eigenvalue weighted by Gasteiger charge is 2.32. The first-order chi connectivity index (χ1) is 13.7. The van der Waals surface area contributed by atoms with Gasteiger partial charge in [0, 0.05) is 26.2 Å². The number of ether oxygens (including phenoxy) is 1. The van der Waals surface area contributed by atoms with Crippen LogP contribution in [0.1, 0.15) is 5.56 Å². The first-order valence-corrected chi connectivity index (χ1v) is 10.6. The Morgan fingerprint density at radius 2 is 1.64 bits per heavy atom. The number of hydrogen-bond donors (Lipinski definition) is 0. The Hall–Kier alpha value is -1.99. The van der Waals surface area contributed by atoms with Crippen LogP contribution < -0.4 is 0 Å². The molecule has 4 rings (SSSR count). The van der Waals surface area contributed by atoms with E-state index in [2.05, 4.69) is 29.2 Å². The van der Waals surface area contributed by atoms with Crippen molar-refractivity contribution in [3.8, 4) is 11.1 Å². The molecule has 144 valence electrons. The van der Waals surface area contributed by atoms with E-state index in [0.717, 1.165) is 44.0 Å². The highest BCUT2D eigenvalue weighted by molar-refractivity contribution is 8.26. The number of carbonyl (C=O) groups excluding carboxylic acids is 1. The van der Waals surface area contributed by atoms with Gasteiger partial charge in [-0.15, -0.1) is 0 Å². The van der Waals surface area contributed by atoms with Crippen LogP contribution in [-0.2, 0) is 9.53 Å². The number of rotatable bonds is 5. The summed E-state index contributed by atoms with van der Waals surface area (Å²) in [7, 11) is 0. The van der Waals surface area contributed by atoms with Crippen molar-refractivity contribution < 1.29 is 9.53 Å². The quantitative estimate of drug-likeness (QED) is 0.552. The van der Waals surface area contributed by atoms with Gasteiger partial charge in [-0.25, -0.2) is 0 Å². The minimum Gasteiger partial charge on any atom is -0.379 e. The third-order valence-electron chi connectivity index (χ3n) is 4.93. The first-order valence-electron chi connectivity index (χ1n) is 9.42. The molecule has 6 heteroatoms. The topological polar surface area (TPSA) is 32.8 Å². The molecule has 0 aliphatic carbocycles. The van der Waals surface area contributed by atoms with Crippen LogP contribution >= 0.6 is 24.0 Å². The zero-order chi connectivity index (χ0) is 19.3. The van der Waals surface area contributed by atoms with Crippen molar-refractivity contribution in [3.63, 3.8) is 0 Å². The molecule has 0 atom stereocenters. The van der Waals surface area contributed by atoms with E-state index in [-0.39, 0.29) is 5.91 Å². The Morgan fingerprint density at radius 3 is 2.36 bits per heavy atom. The van der Waals surface area contributed by atoms with E-state index in [1.54, 1.807) is 4.90 Å². The van der Waals surface area contributed by atoms with Gasteiger partial charge in [-0.05, 0) is 22.8 Å². The molecule has 28 heavy (non-hydrogen) atoms. The van der Waals surface area contributed by atoms with Crippen LogP contribution in [0.3, 0.4) is 0 Å². The second-order valence-corrected chi connectivity index (χ2v) is 8.45. The smallest absolute Gasteiger partial charge is 0.266 e. The van der Waals surface area contributed by atoms with Crippen LogP contribution in [0.25, 0.3) is 17.2 Å². The minimum absolute atomic E-state index is 0.00963. The molecular weight excluding hydrogens is 388 g/mol. The molecule has 0 saturated carbocycles. The van der Waals surface area contributed by atoms with E-state index in [9.17, 15) is 4.79 Å². The molecule has 2 aliphatic heterocycles. The summed E-state index contributed by atoms with van der Waals surface area (Å²) >= 11 is 6.84. The largest absolute Gasteiger partial charge is 0.379 e. The van der Waals surface area contributed by atoms with Gasteiger partial charge in [-0.2, -0.15) is 0 Å². The second kappa shape index (κ2) is 9.01. The van der Waals surface area contributed by atoms with Gasteiger partial charge in [-0.3, -0.25) is 14.6 Å². The third-order valence-corrected chi connectivity index (χ3v) is 6.31. The van der Waals surface area contributed by atoms with E-state index in [4.69, 9.17) is 17.0 Å². The average Bonchev–Trinajstić information content (AvgIpc) is 3.01. The molecule has 2 fully saturated rings. The van der Waals surface area contributed by atoms with Gasteiger partial charge in [0.05, 0.1) is 18.1 Å². The van der Waals surface area contributed by atoms with Crippen molar-refractivity contribution >= 4 is 40.3 Å². The predicted octanol–water partition coefficient (Wildman–Crippen LogP) is 3.89. The Bertz CT molecular complexity index is 875. The Labute approximate surface area is 175 Å². The van der Waals surface area contributed by atoms with Gasteiger partial charge in [0.15, 0.2) is 0 Å². The van der Waals surface area contributed by atoms with Crippen molar-refractivity contribution in [1.82, 2.24) is 9.80 Å². The van der Waals surface area contributed by atoms with E-state index in [1.807, 2.05) is 36.4 Å². The lowest BCUT2D eigenvalue weighted by atomic mass is 10.0. The van der Waals surface area contributed by atoms with Crippen LogP contribution in [0.15, 0.2) is 59.5 Å². The van der Waals surface area contributed by atoms with Crippen molar-refractivity contribution in [2.75, 3.05) is 39.4 Å². The Balaban J connectivity index is 1.42. The number of amides is 1. The molecule has 4 nitrogen and oxygen atoms in total. The monoisotopic (exact) mass is 410 g/mol. The summed E-state index contributed by atoms with van der Waals surface area (Å²) < 4.78 is 6.02. The van der Waals surface area contributed by atoms with Crippen molar-refractivity contribution in [2.45, 2.75) is 0 Å². The Kier molecular flexibility index (Phi) is 6.22. The lowest BCUT2D eigenvalue weighted by molar-refractivity contribution is -0.122. The molecule has 2 heterocycles. The van der Waals surface area contributed by atoms with E-state index in [1.165, 1.54) is 17.3 Å². The highest BCUT2D eigenvalue weighted by Crippen LogP contribution is 2.32. The maximum Gasteiger partial charge on any atom is 0.266 e. The predicted molar refractivity (Wildman–Crippen MR) is 119 cm³/mol. The molecule has 0 aromatic heterocycles. The fraction of sp³-hybridized carbons (Fsp3) is 0.273. The average molecular weight is 411 g/mol. The molecule has 0 bridgehead atoms. The van der Waals surface area contributed by atoms with Crippen molar-refractivity contribution in [2.24, 2.45) is 0 Å². The lowest BCUT2D eigenvalue weighted by Gasteiger charge is -2.28. The van der Waals surface area contributed by atoms with Crippen LogP contribution in [0.5, 0.6) is 0 Å². The summed E-state index contributed by atoms with van der Waals surface area (Å²) in [6.45, 7) is 4.81. The van der Waals surface area contributed by atoms with Crippen LogP contribution in [0, 0.1) is 0 Å². The number of hydrogen-bond acceptors (Lipinski definition) is 5. The number of morpholine rings is 1. The highest BCUT2D eigenvalue weighted by atomic mass is 32.2. The maximum atomic E-state index is 12.8. The van der Waals surface area contributed by atoms with Crippen LogP contribution in [0.4, 0.5) is 0 Å². The molecule has 2 aliphatic rings. The summed E-state index contributed by atoms with van der Waals surface area (Å²) in [5.41, 5.74) is 3.35. The van der Waals surface area contributed by atoms with E-state index >= 15 is 0 Å². The van der Waals surface area contributed by atoms with Crippen LogP contribution in [-0.4, -0.2) is 59.4 Å². The molecule has 0 spiro atoms. The summed E-state index contributed by atoms with van der Waals surface area (Å²) in [5.74, 6) is 0.00963. The van der Waals surface area contributed by atoms with Gasteiger partial charge in [0.1, 0.15) is 4.32 Å². The van der Waals surface area contributed by atoms with Crippen molar-refractivity contribution in [3.05, 3.63) is 65.1 Å². The molecule has 0 N–H and O–H groups in total. The normalized spacial score (nSPS) is 19.6. The molecule has 0 unspecified atom stereocenters. The van der Waals surface area contributed by atoms with E-state index < -0.39 is 0 Å². The zero-order valence-electron chi connectivity index (χ0n) is 15.5. The van der Waals surface area contributed by atoms with Crippen LogP contribution in [0.2, 0.25) is 0 Å². The third kappa shape index (κ3) is 4.52. The second-order valence-electron chi connectivity index (χ2n) is 6.78. The molecule has 1 amide bonds. The van der Waals surface area contributed by atoms with Gasteiger partial charge in [-0.1, -0.05) is 78.6 Å². The molecule has 2 saturated heterocycles. The van der Waals surface area contributed by atoms with Gasteiger partial charge < -0.3 is 4.74 Å². The SMILES string of the molecule is O=C1/C(=C/c2ccc(-c3ccccc3)cc2)SC(=S)N1CCN1CCOCC1. The van der Waals surface area contributed by atoms with E-state index in [0.29, 0.717) is 15.8 Å². The van der Waals surface area contributed by atoms with Gasteiger partial charge >= 0.3 is 0 Å². The minimum atomic E-state index is 0.00963. The molecular formula is C22H22N2O2S2. The Morgan fingerprint density at radius 1 is 0.964 bits per heavy atom.